The predicted octanol–water partition coefficient (Wildman–Crippen LogP) is 2.18. The average molecular weight is 576 g/mol. The van der Waals surface area contributed by atoms with Gasteiger partial charge >= 0.3 is 6.18 Å². The van der Waals surface area contributed by atoms with E-state index in [0.29, 0.717) is 56.7 Å². The Morgan fingerprint density at radius 2 is 1.84 bits per heavy atom. The van der Waals surface area contributed by atoms with Gasteiger partial charge in [-0.25, -0.2) is 8.42 Å². The van der Waals surface area contributed by atoms with Crippen molar-refractivity contribution in [2.45, 2.75) is 37.2 Å². The molecule has 1 aromatic rings. The lowest BCUT2D eigenvalue weighted by Gasteiger charge is -2.46. The highest BCUT2D eigenvalue weighted by Crippen LogP contribution is 2.39. The number of anilines is 1. The third-order valence-corrected chi connectivity index (χ3v) is 9.81. The summed E-state index contributed by atoms with van der Waals surface area (Å²) in [4.78, 5) is 4.48. The maximum Gasteiger partial charge on any atom is 0.421 e. The highest BCUT2D eigenvalue weighted by atomic mass is 32.2. The summed E-state index contributed by atoms with van der Waals surface area (Å²) < 4.78 is 73.9. The Morgan fingerprint density at radius 3 is 2.47 bits per heavy atom. The number of benzene rings is 1. The Balaban J connectivity index is 1.62. The van der Waals surface area contributed by atoms with Gasteiger partial charge in [0.25, 0.3) is 0 Å². The molecule has 2 saturated heterocycles. The lowest BCUT2D eigenvalue weighted by Crippen LogP contribution is -2.61. The number of aliphatic hydroxyl groups is 2. The molecule has 0 bridgehead atoms. The first-order valence-corrected chi connectivity index (χ1v) is 14.2. The zero-order chi connectivity index (χ0) is 27.7. The standard InChI is InChI=1S/C25H32F3N3O5S2/c1-24(33,25(26,27)28)18-6-8-19(9-7-18)31-11-10-30(38(34,35)23-5-3-2-4-22(23)37)15-20(31)14-29-12-13-36-17-21(29)16-32/h2-3,5-9,20-21,32-33H,4,10-17H2,1H3/t20-,21-,24+/m0/s1. The second kappa shape index (κ2) is 11.3. The summed E-state index contributed by atoms with van der Waals surface area (Å²) in [5.41, 5.74) is -2.68. The van der Waals surface area contributed by atoms with E-state index in [1.165, 1.54) is 34.6 Å². The molecule has 2 aliphatic heterocycles. The summed E-state index contributed by atoms with van der Waals surface area (Å²) in [5.74, 6) is 0. The highest BCUT2D eigenvalue weighted by Gasteiger charge is 2.51. The van der Waals surface area contributed by atoms with Crippen LogP contribution in [0.5, 0.6) is 0 Å². The molecule has 3 aliphatic rings. The summed E-state index contributed by atoms with van der Waals surface area (Å²) in [6, 6.07) is 4.89. The number of sulfonamides is 1. The molecule has 1 aliphatic carbocycles. The van der Waals surface area contributed by atoms with Crippen LogP contribution >= 0.6 is 12.2 Å². The van der Waals surface area contributed by atoms with E-state index in [0.717, 1.165) is 0 Å². The number of allylic oxidation sites excluding steroid dienone is 4. The Labute approximate surface area is 226 Å². The lowest BCUT2D eigenvalue weighted by atomic mass is 9.95. The predicted molar refractivity (Wildman–Crippen MR) is 141 cm³/mol. The Bertz CT molecular complexity index is 1190. The number of nitrogens with zero attached hydrogens (tertiary/aromatic N) is 3. The molecule has 3 atom stereocenters. The molecule has 0 radical (unpaired) electrons. The number of aliphatic hydroxyl groups excluding tert-OH is 1. The molecule has 13 heteroatoms. The third-order valence-electron chi connectivity index (χ3n) is 7.34. The third kappa shape index (κ3) is 5.83. The summed E-state index contributed by atoms with van der Waals surface area (Å²) in [7, 11) is -3.85. The molecular weight excluding hydrogens is 543 g/mol. The van der Waals surface area contributed by atoms with Gasteiger partial charge in [-0.2, -0.15) is 17.5 Å². The van der Waals surface area contributed by atoms with Crippen LogP contribution in [-0.4, -0.2) is 104 Å². The first-order valence-electron chi connectivity index (χ1n) is 12.4. The molecule has 2 fully saturated rings. The molecule has 0 unspecified atom stereocenters. The van der Waals surface area contributed by atoms with Gasteiger partial charge in [0, 0.05) is 49.7 Å². The zero-order valence-corrected chi connectivity index (χ0v) is 22.6. The van der Waals surface area contributed by atoms with Crippen LogP contribution in [0.15, 0.2) is 47.4 Å². The molecule has 210 valence electrons. The van der Waals surface area contributed by atoms with E-state index in [4.69, 9.17) is 17.0 Å². The first-order chi connectivity index (χ1) is 17.9. The minimum atomic E-state index is -4.84. The van der Waals surface area contributed by atoms with E-state index in [-0.39, 0.29) is 42.2 Å². The number of alkyl halides is 3. The fourth-order valence-corrected chi connectivity index (χ4v) is 7.01. The van der Waals surface area contributed by atoms with Crippen molar-refractivity contribution in [2.75, 3.05) is 57.4 Å². The van der Waals surface area contributed by atoms with Crippen LogP contribution in [0.1, 0.15) is 18.9 Å². The number of rotatable bonds is 7. The summed E-state index contributed by atoms with van der Waals surface area (Å²) in [5, 5.41) is 19.9. The fourth-order valence-electron chi connectivity index (χ4n) is 4.94. The summed E-state index contributed by atoms with van der Waals surface area (Å²) >= 11 is 5.32. The van der Waals surface area contributed by atoms with Gasteiger partial charge in [-0.1, -0.05) is 36.5 Å². The first kappa shape index (κ1) is 29.1. The van der Waals surface area contributed by atoms with Gasteiger partial charge in [0.05, 0.1) is 36.8 Å². The molecule has 2 N–H and O–H groups in total. The minimum absolute atomic E-state index is 0.112. The molecule has 0 aromatic heterocycles. The minimum Gasteiger partial charge on any atom is -0.395 e. The van der Waals surface area contributed by atoms with Crippen molar-refractivity contribution in [3.63, 3.8) is 0 Å². The monoisotopic (exact) mass is 575 g/mol. The van der Waals surface area contributed by atoms with Gasteiger partial charge < -0.3 is 19.8 Å². The van der Waals surface area contributed by atoms with E-state index in [1.54, 1.807) is 12.2 Å². The van der Waals surface area contributed by atoms with Crippen molar-refractivity contribution in [1.82, 2.24) is 9.21 Å². The van der Waals surface area contributed by atoms with Gasteiger partial charge in [0.15, 0.2) is 5.60 Å². The maximum atomic E-state index is 13.5. The quantitative estimate of drug-likeness (QED) is 0.478. The van der Waals surface area contributed by atoms with Crippen molar-refractivity contribution < 1.29 is 36.5 Å². The van der Waals surface area contributed by atoms with Crippen LogP contribution in [0, 0.1) is 0 Å². The smallest absolute Gasteiger partial charge is 0.395 e. The van der Waals surface area contributed by atoms with Crippen LogP contribution < -0.4 is 4.90 Å². The van der Waals surface area contributed by atoms with Crippen molar-refractivity contribution in [3.8, 4) is 0 Å². The number of halogens is 3. The Morgan fingerprint density at radius 1 is 1.13 bits per heavy atom. The van der Waals surface area contributed by atoms with E-state index in [1.807, 2.05) is 9.80 Å². The van der Waals surface area contributed by atoms with E-state index < -0.39 is 21.8 Å². The number of ether oxygens (including phenoxy) is 1. The fraction of sp³-hybridized carbons (Fsp3) is 0.560. The number of thiocarbonyl (C=S) groups is 1. The van der Waals surface area contributed by atoms with Crippen molar-refractivity contribution in [1.29, 1.82) is 0 Å². The van der Waals surface area contributed by atoms with Gasteiger partial charge in [0.1, 0.15) is 0 Å². The summed E-state index contributed by atoms with van der Waals surface area (Å²) in [6.45, 7) is 2.95. The van der Waals surface area contributed by atoms with Crippen LogP contribution in [0.2, 0.25) is 0 Å². The van der Waals surface area contributed by atoms with Gasteiger partial charge in [0.2, 0.25) is 10.0 Å². The van der Waals surface area contributed by atoms with E-state index in [2.05, 4.69) is 0 Å². The lowest BCUT2D eigenvalue weighted by molar-refractivity contribution is -0.258. The average Bonchev–Trinajstić information content (AvgIpc) is 2.88. The van der Waals surface area contributed by atoms with Crippen LogP contribution in [0.3, 0.4) is 0 Å². The number of piperazine rings is 1. The van der Waals surface area contributed by atoms with Crippen LogP contribution in [-0.2, 0) is 20.4 Å². The number of hydrogen-bond acceptors (Lipinski definition) is 8. The second-order valence-corrected chi connectivity index (χ2v) is 12.2. The SMILES string of the molecule is C[C@@](O)(c1ccc(N2CCN(S(=O)(=O)C3=CC=CCC3=S)C[C@@H]2CN2CCOC[C@@H]2CO)cc1)C(F)(F)F. The Hall–Kier alpha value is -1.87. The normalized spacial score (nSPS) is 25.8. The zero-order valence-electron chi connectivity index (χ0n) is 21.0. The van der Waals surface area contributed by atoms with Gasteiger partial charge in [-0.15, -0.1) is 0 Å². The topological polar surface area (TPSA) is 93.6 Å². The van der Waals surface area contributed by atoms with E-state index in [9.17, 15) is 31.8 Å². The molecule has 0 amide bonds. The van der Waals surface area contributed by atoms with E-state index >= 15 is 0 Å². The molecule has 2 heterocycles. The highest BCUT2D eigenvalue weighted by molar-refractivity contribution is 7.96. The largest absolute Gasteiger partial charge is 0.421 e. The number of morpholine rings is 1. The maximum absolute atomic E-state index is 13.5. The molecule has 1 aromatic carbocycles. The van der Waals surface area contributed by atoms with Gasteiger partial charge in [-0.05, 0) is 30.7 Å². The molecule has 38 heavy (non-hydrogen) atoms. The number of hydrogen-bond donors (Lipinski definition) is 2. The van der Waals surface area contributed by atoms with Crippen molar-refractivity contribution >= 4 is 32.8 Å². The second-order valence-electron chi connectivity index (χ2n) is 9.82. The molecular formula is C25H32F3N3O5S2. The molecule has 0 saturated carbocycles. The van der Waals surface area contributed by atoms with Gasteiger partial charge in [-0.3, -0.25) is 4.90 Å². The van der Waals surface area contributed by atoms with Crippen molar-refractivity contribution in [2.24, 2.45) is 0 Å². The van der Waals surface area contributed by atoms with Crippen molar-refractivity contribution in [3.05, 3.63) is 53.0 Å². The Kier molecular flexibility index (Phi) is 8.67. The van der Waals surface area contributed by atoms with Crippen LogP contribution in [0.4, 0.5) is 18.9 Å². The molecule has 4 rings (SSSR count). The molecule has 0 spiro atoms. The summed E-state index contributed by atoms with van der Waals surface area (Å²) in [6.07, 6.45) is 0.528. The van der Waals surface area contributed by atoms with Crippen LogP contribution in [0.25, 0.3) is 0 Å². The molecule has 8 nitrogen and oxygen atoms in total.